The first-order chi connectivity index (χ1) is 8.97. The number of benzene rings is 1. The number of anilines is 1. The van der Waals surface area contributed by atoms with Crippen LogP contribution in [0.2, 0.25) is 0 Å². The normalized spacial score (nSPS) is 25.4. The fourth-order valence-corrected chi connectivity index (χ4v) is 2.80. The largest absolute Gasteiger partial charge is 0.377 e. The lowest BCUT2D eigenvalue weighted by molar-refractivity contribution is -0.00481. The summed E-state index contributed by atoms with van der Waals surface area (Å²) in [6.45, 7) is 5.51. The molecule has 1 aliphatic heterocycles. The Balaban J connectivity index is 2.36. The molecular formula is C15H23FN2O. The van der Waals surface area contributed by atoms with Crippen LogP contribution in [0.3, 0.4) is 0 Å². The molecule has 106 valence electrons. The highest BCUT2D eigenvalue weighted by Gasteiger charge is 2.32. The topological polar surface area (TPSA) is 38.5 Å². The zero-order chi connectivity index (χ0) is 14.0. The number of piperidine rings is 1. The van der Waals surface area contributed by atoms with Crippen molar-refractivity contribution in [2.75, 3.05) is 25.1 Å². The van der Waals surface area contributed by atoms with Crippen molar-refractivity contribution in [1.82, 2.24) is 0 Å². The number of methoxy groups -OCH3 is 1. The van der Waals surface area contributed by atoms with Crippen molar-refractivity contribution in [1.29, 1.82) is 0 Å². The highest BCUT2D eigenvalue weighted by atomic mass is 19.1. The SMILES string of the molecule is COC1(C)CCCN(c2c(F)cccc2[C@@H](C)N)C1. The molecule has 1 saturated heterocycles. The van der Waals surface area contributed by atoms with E-state index in [9.17, 15) is 4.39 Å². The summed E-state index contributed by atoms with van der Waals surface area (Å²) in [5, 5.41) is 0. The third kappa shape index (κ3) is 2.90. The Hall–Kier alpha value is -1.13. The second-order valence-electron chi connectivity index (χ2n) is 5.65. The summed E-state index contributed by atoms with van der Waals surface area (Å²) < 4.78 is 19.8. The molecule has 0 bridgehead atoms. The molecule has 0 aromatic heterocycles. The van der Waals surface area contributed by atoms with Crippen LogP contribution in [0, 0.1) is 5.82 Å². The van der Waals surface area contributed by atoms with Crippen molar-refractivity contribution in [3.05, 3.63) is 29.6 Å². The smallest absolute Gasteiger partial charge is 0.146 e. The molecule has 0 spiro atoms. The molecule has 1 aromatic rings. The van der Waals surface area contributed by atoms with E-state index >= 15 is 0 Å². The predicted octanol–water partition coefficient (Wildman–Crippen LogP) is 2.85. The van der Waals surface area contributed by atoms with Gasteiger partial charge < -0.3 is 15.4 Å². The lowest BCUT2D eigenvalue weighted by Crippen LogP contribution is -2.48. The van der Waals surface area contributed by atoms with E-state index in [2.05, 4.69) is 11.8 Å². The molecule has 4 heteroatoms. The summed E-state index contributed by atoms with van der Waals surface area (Å²) >= 11 is 0. The van der Waals surface area contributed by atoms with Gasteiger partial charge in [0.15, 0.2) is 0 Å². The highest BCUT2D eigenvalue weighted by Crippen LogP contribution is 2.33. The molecule has 0 saturated carbocycles. The van der Waals surface area contributed by atoms with Gasteiger partial charge in [-0.05, 0) is 38.3 Å². The van der Waals surface area contributed by atoms with Crippen LogP contribution in [-0.4, -0.2) is 25.8 Å². The van der Waals surface area contributed by atoms with Crippen molar-refractivity contribution < 1.29 is 9.13 Å². The summed E-state index contributed by atoms with van der Waals surface area (Å²) in [6.07, 6.45) is 2.00. The number of rotatable bonds is 3. The van der Waals surface area contributed by atoms with Gasteiger partial charge in [0.05, 0.1) is 11.3 Å². The third-order valence-corrected chi connectivity index (χ3v) is 3.98. The van der Waals surface area contributed by atoms with Gasteiger partial charge in [0.25, 0.3) is 0 Å². The molecule has 3 nitrogen and oxygen atoms in total. The Morgan fingerprint density at radius 3 is 2.84 bits per heavy atom. The average molecular weight is 266 g/mol. The number of ether oxygens (including phenoxy) is 1. The molecule has 1 fully saturated rings. The Morgan fingerprint density at radius 2 is 2.21 bits per heavy atom. The maximum Gasteiger partial charge on any atom is 0.146 e. The number of para-hydroxylation sites is 1. The van der Waals surface area contributed by atoms with Crippen LogP contribution in [0.15, 0.2) is 18.2 Å². The Morgan fingerprint density at radius 1 is 1.47 bits per heavy atom. The molecule has 19 heavy (non-hydrogen) atoms. The highest BCUT2D eigenvalue weighted by molar-refractivity contribution is 5.56. The Kier molecular flexibility index (Phi) is 4.11. The fraction of sp³-hybridized carbons (Fsp3) is 0.600. The van der Waals surface area contributed by atoms with E-state index in [1.54, 1.807) is 13.2 Å². The van der Waals surface area contributed by atoms with E-state index in [4.69, 9.17) is 10.5 Å². The minimum atomic E-state index is -0.213. The van der Waals surface area contributed by atoms with Gasteiger partial charge in [-0.1, -0.05) is 12.1 Å². The minimum Gasteiger partial charge on any atom is -0.377 e. The van der Waals surface area contributed by atoms with Crippen LogP contribution >= 0.6 is 0 Å². The summed E-state index contributed by atoms with van der Waals surface area (Å²) in [5.74, 6) is -0.199. The first kappa shape index (κ1) is 14.3. The molecule has 2 N–H and O–H groups in total. The quantitative estimate of drug-likeness (QED) is 0.914. The number of nitrogens with two attached hydrogens (primary N) is 1. The maximum absolute atomic E-state index is 14.2. The molecule has 2 atom stereocenters. The number of nitrogens with zero attached hydrogens (tertiary/aromatic N) is 1. The van der Waals surface area contributed by atoms with Crippen molar-refractivity contribution >= 4 is 5.69 Å². The van der Waals surface area contributed by atoms with Gasteiger partial charge in [-0.25, -0.2) is 4.39 Å². The van der Waals surface area contributed by atoms with Crippen molar-refractivity contribution in [3.63, 3.8) is 0 Å². The second-order valence-corrected chi connectivity index (χ2v) is 5.65. The molecule has 1 aliphatic rings. The van der Waals surface area contributed by atoms with Crippen LogP contribution in [0.4, 0.5) is 10.1 Å². The van der Waals surface area contributed by atoms with E-state index in [0.29, 0.717) is 12.2 Å². The first-order valence-corrected chi connectivity index (χ1v) is 6.81. The van der Waals surface area contributed by atoms with Crippen LogP contribution in [0.1, 0.15) is 38.3 Å². The van der Waals surface area contributed by atoms with E-state index in [1.165, 1.54) is 6.07 Å². The third-order valence-electron chi connectivity index (χ3n) is 3.98. The second kappa shape index (κ2) is 5.47. The fourth-order valence-electron chi connectivity index (χ4n) is 2.80. The summed E-state index contributed by atoms with van der Waals surface area (Å²) in [6, 6.07) is 4.94. The lowest BCUT2D eigenvalue weighted by atomic mass is 9.93. The molecule has 0 aliphatic carbocycles. The molecule has 0 radical (unpaired) electrons. The molecule has 0 amide bonds. The van der Waals surface area contributed by atoms with E-state index in [0.717, 1.165) is 24.9 Å². The van der Waals surface area contributed by atoms with Crippen LogP contribution < -0.4 is 10.6 Å². The van der Waals surface area contributed by atoms with Crippen LogP contribution in [0.25, 0.3) is 0 Å². The number of hydrogen-bond donors (Lipinski definition) is 1. The Bertz CT molecular complexity index is 450. The van der Waals surface area contributed by atoms with Gasteiger partial charge in [-0.15, -0.1) is 0 Å². The van der Waals surface area contributed by atoms with Gasteiger partial charge in [0, 0.05) is 26.2 Å². The van der Waals surface area contributed by atoms with E-state index < -0.39 is 0 Å². The number of halogens is 1. The Labute approximate surface area is 114 Å². The van der Waals surface area contributed by atoms with Gasteiger partial charge in [-0.3, -0.25) is 0 Å². The molecule has 1 aromatic carbocycles. The number of hydrogen-bond acceptors (Lipinski definition) is 3. The monoisotopic (exact) mass is 266 g/mol. The summed E-state index contributed by atoms with van der Waals surface area (Å²) in [7, 11) is 1.72. The minimum absolute atomic E-state index is 0.179. The van der Waals surface area contributed by atoms with Gasteiger partial charge in [0.1, 0.15) is 5.82 Å². The predicted molar refractivity (Wildman–Crippen MR) is 75.9 cm³/mol. The van der Waals surface area contributed by atoms with Crippen LogP contribution in [-0.2, 0) is 4.74 Å². The van der Waals surface area contributed by atoms with Gasteiger partial charge in [-0.2, -0.15) is 0 Å². The van der Waals surface area contributed by atoms with Crippen molar-refractivity contribution in [3.8, 4) is 0 Å². The first-order valence-electron chi connectivity index (χ1n) is 6.81. The molecule has 1 heterocycles. The maximum atomic E-state index is 14.2. The molecular weight excluding hydrogens is 243 g/mol. The van der Waals surface area contributed by atoms with Gasteiger partial charge >= 0.3 is 0 Å². The van der Waals surface area contributed by atoms with E-state index in [1.807, 2.05) is 13.0 Å². The molecule has 2 rings (SSSR count). The van der Waals surface area contributed by atoms with Crippen molar-refractivity contribution in [2.45, 2.75) is 38.3 Å². The van der Waals surface area contributed by atoms with Gasteiger partial charge in [0.2, 0.25) is 0 Å². The summed E-state index contributed by atoms with van der Waals surface area (Å²) in [4.78, 5) is 2.07. The zero-order valence-corrected chi connectivity index (χ0v) is 11.9. The standard InChI is InChI=1S/C15H23FN2O/c1-11(17)12-6-4-7-13(16)14(12)18-9-5-8-15(2,10-18)19-3/h4,6-7,11H,5,8-10,17H2,1-3H3/t11-,15?/m1/s1. The lowest BCUT2D eigenvalue weighted by Gasteiger charge is -2.41. The van der Waals surface area contributed by atoms with Crippen molar-refractivity contribution in [2.24, 2.45) is 5.73 Å². The van der Waals surface area contributed by atoms with Crippen LogP contribution in [0.5, 0.6) is 0 Å². The zero-order valence-electron chi connectivity index (χ0n) is 11.9. The average Bonchev–Trinajstić information content (AvgIpc) is 2.38. The molecule has 1 unspecified atom stereocenters. The van der Waals surface area contributed by atoms with E-state index in [-0.39, 0.29) is 17.5 Å². The summed E-state index contributed by atoms with van der Waals surface area (Å²) in [5.41, 5.74) is 7.25.